The molecule has 0 aromatic carbocycles. The van der Waals surface area contributed by atoms with Crippen LogP contribution >= 0.6 is 0 Å². The number of nitrogens with zero attached hydrogens (tertiary/aromatic N) is 4. The summed E-state index contributed by atoms with van der Waals surface area (Å²) < 4.78 is 0. The Morgan fingerprint density at radius 3 is 2.52 bits per heavy atom. The van der Waals surface area contributed by atoms with Crippen LogP contribution in [0.15, 0.2) is 30.7 Å². The van der Waals surface area contributed by atoms with Crippen LogP contribution in [0.3, 0.4) is 0 Å². The largest absolute Gasteiger partial charge is 0.342 e. The van der Waals surface area contributed by atoms with Crippen molar-refractivity contribution >= 4 is 5.91 Å². The molecule has 1 saturated carbocycles. The second-order valence-corrected chi connectivity index (χ2v) is 8.88. The van der Waals surface area contributed by atoms with Crippen molar-refractivity contribution in [3.63, 3.8) is 0 Å². The van der Waals surface area contributed by atoms with E-state index in [-0.39, 0.29) is 17.2 Å². The van der Waals surface area contributed by atoms with Crippen molar-refractivity contribution in [2.24, 2.45) is 5.41 Å². The molecular weight excluding hydrogens is 336 g/mol. The van der Waals surface area contributed by atoms with E-state index >= 15 is 0 Å². The Morgan fingerprint density at radius 2 is 1.85 bits per heavy atom. The van der Waals surface area contributed by atoms with Gasteiger partial charge < -0.3 is 4.90 Å². The number of likely N-dealkylation sites (tertiary alicyclic amines) is 1. The minimum atomic E-state index is -0.347. The summed E-state index contributed by atoms with van der Waals surface area (Å²) in [6.07, 6.45) is 10.1. The molecule has 0 N–H and O–H groups in total. The van der Waals surface area contributed by atoms with Gasteiger partial charge in [0, 0.05) is 54.5 Å². The number of hydrogen-bond donors (Lipinski definition) is 0. The van der Waals surface area contributed by atoms with E-state index in [0.717, 1.165) is 48.6 Å². The van der Waals surface area contributed by atoms with Crippen LogP contribution in [0.5, 0.6) is 0 Å². The zero-order chi connectivity index (χ0) is 19.0. The number of piperidine rings is 1. The summed E-state index contributed by atoms with van der Waals surface area (Å²) in [6.45, 7) is 7.58. The number of carbonyl (C=O) groups excluding carboxylic acids is 1. The Kier molecular flexibility index (Phi) is 4.70. The molecule has 2 aromatic rings. The van der Waals surface area contributed by atoms with Crippen molar-refractivity contribution in [3.8, 4) is 11.1 Å². The standard InChI is InChI=1S/C22H28N4O/c1-22(2,3)21(27)26-12-4-5-17(14-26)19-18(15-8-10-23-11-9-15)13-24-20(25-19)16-6-7-16/h8-11,13,16-17H,4-7,12,14H2,1-3H3. The summed E-state index contributed by atoms with van der Waals surface area (Å²) in [5, 5.41) is 0. The highest BCUT2D eigenvalue weighted by atomic mass is 16.2. The van der Waals surface area contributed by atoms with Crippen LogP contribution in [0, 0.1) is 5.41 Å². The molecular formula is C22H28N4O. The van der Waals surface area contributed by atoms with E-state index in [2.05, 4.69) is 9.97 Å². The summed E-state index contributed by atoms with van der Waals surface area (Å²) >= 11 is 0. The molecule has 1 saturated heterocycles. The molecule has 27 heavy (non-hydrogen) atoms. The first kappa shape index (κ1) is 18.1. The lowest BCUT2D eigenvalue weighted by Crippen LogP contribution is -2.44. The van der Waals surface area contributed by atoms with Crippen molar-refractivity contribution in [1.29, 1.82) is 0 Å². The van der Waals surface area contributed by atoms with Crippen LogP contribution in [0.4, 0.5) is 0 Å². The van der Waals surface area contributed by atoms with E-state index in [1.54, 1.807) is 0 Å². The fraction of sp³-hybridized carbons (Fsp3) is 0.545. The molecule has 0 spiro atoms. The normalized spacial score (nSPS) is 20.6. The second kappa shape index (κ2) is 7.02. The predicted molar refractivity (Wildman–Crippen MR) is 105 cm³/mol. The lowest BCUT2D eigenvalue weighted by atomic mass is 9.87. The zero-order valence-electron chi connectivity index (χ0n) is 16.5. The van der Waals surface area contributed by atoms with E-state index in [9.17, 15) is 4.79 Å². The number of carbonyl (C=O) groups is 1. The molecule has 0 bridgehead atoms. The third kappa shape index (κ3) is 3.87. The van der Waals surface area contributed by atoms with Crippen LogP contribution in [0.25, 0.3) is 11.1 Å². The Balaban J connectivity index is 1.68. The van der Waals surface area contributed by atoms with Gasteiger partial charge >= 0.3 is 0 Å². The van der Waals surface area contributed by atoms with Gasteiger partial charge in [0.15, 0.2) is 0 Å². The summed E-state index contributed by atoms with van der Waals surface area (Å²) in [6, 6.07) is 4.03. The summed E-state index contributed by atoms with van der Waals surface area (Å²) in [5.74, 6) is 1.98. The maximum absolute atomic E-state index is 12.8. The fourth-order valence-electron chi connectivity index (χ4n) is 3.87. The maximum Gasteiger partial charge on any atom is 0.227 e. The van der Waals surface area contributed by atoms with Crippen LogP contribution in [-0.2, 0) is 4.79 Å². The van der Waals surface area contributed by atoms with Gasteiger partial charge in [0.25, 0.3) is 0 Å². The van der Waals surface area contributed by atoms with E-state index in [4.69, 9.17) is 4.98 Å². The molecule has 1 aliphatic heterocycles. The molecule has 5 heteroatoms. The van der Waals surface area contributed by atoms with Gasteiger partial charge in [-0.2, -0.15) is 0 Å². The highest BCUT2D eigenvalue weighted by molar-refractivity contribution is 5.81. The highest BCUT2D eigenvalue weighted by Gasteiger charge is 2.34. The average Bonchev–Trinajstić information content (AvgIpc) is 3.52. The molecule has 1 atom stereocenters. The average molecular weight is 364 g/mol. The van der Waals surface area contributed by atoms with Crippen molar-refractivity contribution in [2.75, 3.05) is 13.1 Å². The molecule has 2 fully saturated rings. The first-order valence-corrected chi connectivity index (χ1v) is 10.00. The summed E-state index contributed by atoms with van der Waals surface area (Å²) in [5.41, 5.74) is 2.93. The van der Waals surface area contributed by atoms with Gasteiger partial charge in [-0.1, -0.05) is 20.8 Å². The van der Waals surface area contributed by atoms with Crippen molar-refractivity contribution in [2.45, 2.75) is 58.3 Å². The third-order valence-corrected chi connectivity index (χ3v) is 5.51. The second-order valence-electron chi connectivity index (χ2n) is 8.88. The molecule has 0 radical (unpaired) electrons. The monoisotopic (exact) mass is 364 g/mol. The lowest BCUT2D eigenvalue weighted by molar-refractivity contribution is -0.140. The summed E-state index contributed by atoms with van der Waals surface area (Å²) in [4.78, 5) is 28.7. The van der Waals surface area contributed by atoms with Crippen LogP contribution in [0.2, 0.25) is 0 Å². The third-order valence-electron chi connectivity index (χ3n) is 5.51. The van der Waals surface area contributed by atoms with Gasteiger partial charge in [-0.15, -0.1) is 0 Å². The minimum Gasteiger partial charge on any atom is -0.342 e. The fourth-order valence-corrected chi connectivity index (χ4v) is 3.87. The van der Waals surface area contributed by atoms with Crippen LogP contribution in [-0.4, -0.2) is 38.8 Å². The van der Waals surface area contributed by atoms with E-state index in [1.807, 2.05) is 56.4 Å². The van der Waals surface area contributed by atoms with Gasteiger partial charge in [-0.25, -0.2) is 9.97 Å². The van der Waals surface area contributed by atoms with E-state index < -0.39 is 0 Å². The van der Waals surface area contributed by atoms with Crippen molar-refractivity contribution in [1.82, 2.24) is 19.9 Å². The number of pyridine rings is 1. The number of rotatable bonds is 3. The zero-order valence-corrected chi connectivity index (χ0v) is 16.5. The number of hydrogen-bond acceptors (Lipinski definition) is 4. The quantitative estimate of drug-likeness (QED) is 0.820. The Hall–Kier alpha value is -2.30. The van der Waals surface area contributed by atoms with E-state index in [1.165, 1.54) is 12.8 Å². The van der Waals surface area contributed by atoms with Crippen molar-refractivity contribution in [3.05, 3.63) is 42.2 Å². The molecule has 4 rings (SSSR count). The van der Waals surface area contributed by atoms with Gasteiger partial charge in [0.05, 0.1) is 5.69 Å². The maximum atomic E-state index is 12.8. The van der Waals surface area contributed by atoms with Gasteiger partial charge in [0.2, 0.25) is 5.91 Å². The molecule has 5 nitrogen and oxygen atoms in total. The SMILES string of the molecule is CC(C)(C)C(=O)N1CCCC(c2nc(C3CC3)ncc2-c2ccncc2)C1. The predicted octanol–water partition coefficient (Wildman–Crippen LogP) is 4.17. The minimum absolute atomic E-state index is 0.231. The van der Waals surface area contributed by atoms with Gasteiger partial charge in [0.1, 0.15) is 5.82 Å². The first-order valence-electron chi connectivity index (χ1n) is 10.00. The molecule has 142 valence electrons. The number of aromatic nitrogens is 3. The molecule has 2 aromatic heterocycles. The topological polar surface area (TPSA) is 59.0 Å². The van der Waals surface area contributed by atoms with Gasteiger partial charge in [-0.05, 0) is 43.4 Å². The van der Waals surface area contributed by atoms with Crippen molar-refractivity contribution < 1.29 is 4.79 Å². The Bertz CT molecular complexity index is 824. The summed E-state index contributed by atoms with van der Waals surface area (Å²) in [7, 11) is 0. The Morgan fingerprint density at radius 1 is 1.11 bits per heavy atom. The highest BCUT2D eigenvalue weighted by Crippen LogP contribution is 2.40. The van der Waals surface area contributed by atoms with Crippen LogP contribution < -0.4 is 0 Å². The smallest absolute Gasteiger partial charge is 0.227 e. The molecule has 1 aliphatic carbocycles. The molecule has 2 aliphatic rings. The van der Waals surface area contributed by atoms with E-state index in [0.29, 0.717) is 5.92 Å². The Labute approximate surface area is 161 Å². The van der Waals surface area contributed by atoms with Gasteiger partial charge in [-0.3, -0.25) is 9.78 Å². The van der Waals surface area contributed by atoms with Crippen LogP contribution in [0.1, 0.15) is 69.8 Å². The first-order chi connectivity index (χ1) is 12.9. The number of amides is 1. The molecule has 1 unspecified atom stereocenters. The lowest BCUT2D eigenvalue weighted by Gasteiger charge is -2.36. The molecule has 3 heterocycles. The molecule has 1 amide bonds.